The van der Waals surface area contributed by atoms with Gasteiger partial charge in [0.05, 0.1) is 5.56 Å². The van der Waals surface area contributed by atoms with Gasteiger partial charge >= 0.3 is 6.18 Å². The molecule has 1 rings (SSSR count). The molecule has 2 N–H and O–H groups in total. The van der Waals surface area contributed by atoms with Gasteiger partial charge in [0.2, 0.25) is 0 Å². The van der Waals surface area contributed by atoms with Crippen LogP contribution in [0.25, 0.3) is 0 Å². The summed E-state index contributed by atoms with van der Waals surface area (Å²) in [5.74, 6) is -0.543. The summed E-state index contributed by atoms with van der Waals surface area (Å²) in [6.07, 6.45) is -4.48. The quantitative estimate of drug-likeness (QED) is 0.860. The predicted octanol–water partition coefficient (Wildman–Crippen LogP) is 2.50. The van der Waals surface area contributed by atoms with E-state index in [1.165, 1.54) is 19.2 Å². The van der Waals surface area contributed by atoms with Gasteiger partial charge in [-0.25, -0.2) is 0 Å². The van der Waals surface area contributed by atoms with Crippen molar-refractivity contribution < 1.29 is 18.0 Å². The fourth-order valence-electron chi connectivity index (χ4n) is 1.41. The zero-order valence-electron chi connectivity index (χ0n) is 9.48. The minimum Gasteiger partial charge on any atom is -0.385 e. The third-order valence-corrected chi connectivity index (χ3v) is 2.18. The Kier molecular flexibility index (Phi) is 3.98. The molecule has 0 spiro atoms. The van der Waals surface area contributed by atoms with Gasteiger partial charge < -0.3 is 10.6 Å². The van der Waals surface area contributed by atoms with E-state index in [1.54, 1.807) is 6.92 Å². The average molecular weight is 246 g/mol. The molecule has 1 amide bonds. The minimum atomic E-state index is -4.48. The Balaban J connectivity index is 3.24. The molecule has 1 aromatic rings. The maximum absolute atomic E-state index is 12.7. The first-order chi connectivity index (χ1) is 7.90. The maximum atomic E-state index is 12.7. The second-order valence-corrected chi connectivity index (χ2v) is 3.37. The number of hydrogen-bond donors (Lipinski definition) is 2. The van der Waals surface area contributed by atoms with E-state index in [0.717, 1.165) is 6.07 Å². The highest BCUT2D eigenvalue weighted by Gasteiger charge is 2.34. The van der Waals surface area contributed by atoms with Crippen LogP contribution in [0.1, 0.15) is 22.8 Å². The maximum Gasteiger partial charge on any atom is 0.418 e. The minimum absolute atomic E-state index is 0.0125. The van der Waals surface area contributed by atoms with Crippen LogP contribution in [0.15, 0.2) is 18.2 Å². The van der Waals surface area contributed by atoms with Gasteiger partial charge in [0.25, 0.3) is 5.91 Å². The van der Waals surface area contributed by atoms with Crippen LogP contribution in [0, 0.1) is 0 Å². The van der Waals surface area contributed by atoms with E-state index in [1.807, 2.05) is 0 Å². The smallest absolute Gasteiger partial charge is 0.385 e. The SMILES string of the molecule is CCNc1ccc(C(=O)NC)cc1C(F)(F)F. The Morgan fingerprint density at radius 1 is 1.35 bits per heavy atom. The summed E-state index contributed by atoms with van der Waals surface area (Å²) in [5, 5.41) is 4.90. The lowest BCUT2D eigenvalue weighted by molar-refractivity contribution is -0.137. The molecule has 0 unspecified atom stereocenters. The van der Waals surface area contributed by atoms with Gasteiger partial charge in [-0.2, -0.15) is 13.2 Å². The number of anilines is 1. The number of carbonyl (C=O) groups excluding carboxylic acids is 1. The molecule has 0 aliphatic carbocycles. The molecule has 0 saturated heterocycles. The third-order valence-electron chi connectivity index (χ3n) is 2.18. The van der Waals surface area contributed by atoms with E-state index in [-0.39, 0.29) is 11.3 Å². The molecular weight excluding hydrogens is 233 g/mol. The van der Waals surface area contributed by atoms with Crippen molar-refractivity contribution in [2.75, 3.05) is 18.9 Å². The van der Waals surface area contributed by atoms with Gasteiger partial charge in [0, 0.05) is 24.8 Å². The van der Waals surface area contributed by atoms with Crippen molar-refractivity contribution in [3.63, 3.8) is 0 Å². The molecule has 0 fully saturated rings. The largest absolute Gasteiger partial charge is 0.418 e. The van der Waals surface area contributed by atoms with Crippen molar-refractivity contribution in [2.45, 2.75) is 13.1 Å². The van der Waals surface area contributed by atoms with Crippen LogP contribution < -0.4 is 10.6 Å². The first-order valence-corrected chi connectivity index (χ1v) is 5.07. The Morgan fingerprint density at radius 2 is 2.00 bits per heavy atom. The van der Waals surface area contributed by atoms with Gasteiger partial charge in [0.15, 0.2) is 0 Å². The fraction of sp³-hybridized carbons (Fsp3) is 0.364. The highest BCUT2D eigenvalue weighted by molar-refractivity contribution is 5.94. The summed E-state index contributed by atoms with van der Waals surface area (Å²) in [6.45, 7) is 2.08. The van der Waals surface area contributed by atoms with Gasteiger partial charge in [-0.1, -0.05) is 0 Å². The molecule has 94 valence electrons. The van der Waals surface area contributed by atoms with Crippen molar-refractivity contribution >= 4 is 11.6 Å². The number of nitrogens with one attached hydrogen (secondary N) is 2. The highest BCUT2D eigenvalue weighted by Crippen LogP contribution is 2.35. The molecule has 17 heavy (non-hydrogen) atoms. The second kappa shape index (κ2) is 5.07. The average Bonchev–Trinajstić information content (AvgIpc) is 2.27. The van der Waals surface area contributed by atoms with Crippen LogP contribution in [0.2, 0.25) is 0 Å². The number of benzene rings is 1. The fourth-order valence-corrected chi connectivity index (χ4v) is 1.41. The molecule has 0 aliphatic rings. The lowest BCUT2D eigenvalue weighted by Gasteiger charge is -2.14. The van der Waals surface area contributed by atoms with Crippen molar-refractivity contribution in [3.05, 3.63) is 29.3 Å². The summed E-state index contributed by atoms with van der Waals surface area (Å²) in [7, 11) is 1.37. The van der Waals surface area contributed by atoms with Crippen molar-refractivity contribution in [1.82, 2.24) is 5.32 Å². The number of hydrogen-bond acceptors (Lipinski definition) is 2. The van der Waals surface area contributed by atoms with Gasteiger partial charge in [-0.05, 0) is 25.1 Å². The summed E-state index contributed by atoms with van der Waals surface area (Å²) in [5.41, 5.74) is -0.866. The third kappa shape index (κ3) is 3.12. The Hall–Kier alpha value is -1.72. The number of alkyl halides is 3. The van der Waals surface area contributed by atoms with Crippen LogP contribution in [-0.2, 0) is 6.18 Å². The molecule has 0 saturated carbocycles. The van der Waals surface area contributed by atoms with E-state index in [9.17, 15) is 18.0 Å². The van der Waals surface area contributed by atoms with Crippen LogP contribution in [0.4, 0.5) is 18.9 Å². The van der Waals surface area contributed by atoms with Crippen molar-refractivity contribution in [1.29, 1.82) is 0 Å². The molecule has 1 aromatic carbocycles. The molecule has 0 radical (unpaired) electrons. The van der Waals surface area contributed by atoms with Crippen molar-refractivity contribution in [2.24, 2.45) is 0 Å². The molecular formula is C11H13F3N2O. The van der Waals surface area contributed by atoms with E-state index in [4.69, 9.17) is 0 Å². The summed E-state index contributed by atoms with van der Waals surface area (Å²) >= 11 is 0. The zero-order valence-corrected chi connectivity index (χ0v) is 9.48. The molecule has 0 bridgehead atoms. The van der Waals surface area contributed by atoms with Crippen LogP contribution >= 0.6 is 0 Å². The molecule has 0 heterocycles. The molecule has 0 atom stereocenters. The molecule has 3 nitrogen and oxygen atoms in total. The first kappa shape index (κ1) is 13.3. The van der Waals surface area contributed by atoms with E-state index in [0.29, 0.717) is 6.54 Å². The molecule has 0 aliphatic heterocycles. The van der Waals surface area contributed by atoms with Gasteiger partial charge in [0.1, 0.15) is 0 Å². The van der Waals surface area contributed by atoms with E-state index in [2.05, 4.69) is 10.6 Å². The second-order valence-electron chi connectivity index (χ2n) is 3.37. The van der Waals surface area contributed by atoms with Gasteiger partial charge in [-0.3, -0.25) is 4.79 Å². The normalized spacial score (nSPS) is 11.1. The number of rotatable bonds is 3. The first-order valence-electron chi connectivity index (χ1n) is 5.07. The van der Waals surface area contributed by atoms with Gasteiger partial charge in [-0.15, -0.1) is 0 Å². The summed E-state index contributed by atoms with van der Waals surface area (Å²) in [6, 6.07) is 3.46. The Labute approximate surface area is 97.0 Å². The van der Waals surface area contributed by atoms with Crippen LogP contribution in [0.5, 0.6) is 0 Å². The highest BCUT2D eigenvalue weighted by atomic mass is 19.4. The lowest BCUT2D eigenvalue weighted by atomic mass is 10.1. The monoisotopic (exact) mass is 246 g/mol. The Bertz CT molecular complexity index is 416. The number of halogens is 3. The number of amides is 1. The summed E-state index contributed by atoms with van der Waals surface area (Å²) < 4.78 is 38.2. The van der Waals surface area contributed by atoms with Crippen LogP contribution in [-0.4, -0.2) is 19.5 Å². The Morgan fingerprint density at radius 3 is 2.47 bits per heavy atom. The molecule has 0 aromatic heterocycles. The molecule has 6 heteroatoms. The summed E-state index contributed by atoms with van der Waals surface area (Å²) in [4.78, 5) is 11.3. The zero-order chi connectivity index (χ0) is 13.1. The van der Waals surface area contributed by atoms with Crippen LogP contribution in [0.3, 0.4) is 0 Å². The topological polar surface area (TPSA) is 41.1 Å². The van der Waals surface area contributed by atoms with E-state index >= 15 is 0 Å². The standard InChI is InChI=1S/C11H13F3N2O/c1-3-16-9-5-4-7(10(17)15-2)6-8(9)11(12,13)14/h4-6,16H,3H2,1-2H3,(H,15,17). The lowest BCUT2D eigenvalue weighted by Crippen LogP contribution is -2.19. The van der Waals surface area contributed by atoms with Crippen molar-refractivity contribution in [3.8, 4) is 0 Å². The predicted molar refractivity (Wildman–Crippen MR) is 59.0 cm³/mol. The number of carbonyl (C=O) groups is 1. The van der Waals surface area contributed by atoms with E-state index < -0.39 is 17.6 Å².